The number of methoxy groups -OCH3 is 1. The Hall–Kier alpha value is -3.24. The minimum absolute atomic E-state index is 0.0169. The maximum absolute atomic E-state index is 15.1. The van der Waals surface area contributed by atoms with E-state index in [2.05, 4.69) is 27.7 Å². The first-order valence-electron chi connectivity index (χ1n) is 10.9. The second-order valence-electron chi connectivity index (χ2n) is 9.68. The fourth-order valence-electron chi connectivity index (χ4n) is 4.90. The van der Waals surface area contributed by atoms with Gasteiger partial charge in [-0.05, 0) is 58.7 Å². The van der Waals surface area contributed by atoms with Crippen LogP contribution in [0.3, 0.4) is 0 Å². The second kappa shape index (κ2) is 8.27. The molecule has 0 amide bonds. The van der Waals surface area contributed by atoms with Crippen molar-refractivity contribution in [2.24, 2.45) is 0 Å². The first kappa shape index (κ1) is 22.9. The number of aromatic nitrogens is 2. The van der Waals surface area contributed by atoms with E-state index in [1.807, 2.05) is 18.2 Å². The van der Waals surface area contributed by atoms with E-state index < -0.39 is 11.6 Å². The lowest BCUT2D eigenvalue weighted by molar-refractivity contribution is -0.162. The predicted molar refractivity (Wildman–Crippen MR) is 121 cm³/mol. The highest BCUT2D eigenvalue weighted by Gasteiger charge is 2.41. The molecule has 0 bridgehead atoms. The van der Waals surface area contributed by atoms with Crippen LogP contribution in [0.1, 0.15) is 57.7 Å². The summed E-state index contributed by atoms with van der Waals surface area (Å²) in [5.41, 5.74) is 0.352. The highest BCUT2D eigenvalue weighted by atomic mass is 19.1. The molecule has 0 radical (unpaired) electrons. The summed E-state index contributed by atoms with van der Waals surface area (Å²) in [5, 5.41) is 9.07. The number of imidazole rings is 1. The Morgan fingerprint density at radius 3 is 2.39 bits per heavy atom. The van der Waals surface area contributed by atoms with Gasteiger partial charge in [0.1, 0.15) is 29.3 Å². The van der Waals surface area contributed by atoms with Gasteiger partial charge in [-0.3, -0.25) is 4.57 Å². The average molecular weight is 452 g/mol. The van der Waals surface area contributed by atoms with Crippen LogP contribution in [0.2, 0.25) is 0 Å². The molecule has 0 aliphatic carbocycles. The van der Waals surface area contributed by atoms with Crippen LogP contribution in [0.5, 0.6) is 5.75 Å². The number of nitrogens with zero attached hydrogens (tertiary/aromatic N) is 3. The van der Waals surface area contributed by atoms with Crippen molar-refractivity contribution in [3.05, 3.63) is 65.5 Å². The van der Waals surface area contributed by atoms with E-state index in [1.165, 1.54) is 0 Å². The molecule has 7 heteroatoms. The van der Waals surface area contributed by atoms with Crippen molar-refractivity contribution < 1.29 is 18.3 Å². The van der Waals surface area contributed by atoms with Crippen molar-refractivity contribution in [1.82, 2.24) is 9.55 Å². The summed E-state index contributed by atoms with van der Waals surface area (Å²) in [4.78, 5) is 4.91. The molecule has 2 aromatic carbocycles. The van der Waals surface area contributed by atoms with E-state index in [0.717, 1.165) is 30.7 Å². The summed E-state index contributed by atoms with van der Waals surface area (Å²) in [6.07, 6.45) is 3.24. The molecule has 0 spiro atoms. The molecule has 1 fully saturated rings. The average Bonchev–Trinajstić information content (AvgIpc) is 3.18. The zero-order chi connectivity index (χ0) is 24.0. The Bertz CT molecular complexity index is 1220. The van der Waals surface area contributed by atoms with Crippen LogP contribution in [0, 0.1) is 23.0 Å². The summed E-state index contributed by atoms with van der Waals surface area (Å²) in [6, 6.07) is 10.9. The van der Waals surface area contributed by atoms with Gasteiger partial charge in [-0.2, -0.15) is 5.26 Å². The largest absolute Gasteiger partial charge is 0.496 e. The lowest BCUT2D eigenvalue weighted by Crippen LogP contribution is -2.44. The molecular formula is C26H27F2N3O2. The quantitative estimate of drug-likeness (QED) is 0.477. The summed E-state index contributed by atoms with van der Waals surface area (Å²) < 4.78 is 42.8. The van der Waals surface area contributed by atoms with Crippen LogP contribution in [-0.4, -0.2) is 27.9 Å². The molecule has 4 rings (SSSR count). The number of hydrogen-bond donors (Lipinski definition) is 0. The monoisotopic (exact) mass is 451 g/mol. The van der Waals surface area contributed by atoms with Gasteiger partial charge in [-0.1, -0.05) is 12.1 Å². The Morgan fingerprint density at radius 2 is 1.76 bits per heavy atom. The highest BCUT2D eigenvalue weighted by molar-refractivity contribution is 5.67. The van der Waals surface area contributed by atoms with Gasteiger partial charge in [0.05, 0.1) is 40.8 Å². The van der Waals surface area contributed by atoms with Crippen LogP contribution in [0.25, 0.3) is 17.1 Å². The maximum atomic E-state index is 15.1. The summed E-state index contributed by atoms with van der Waals surface area (Å²) in [7, 11) is 1.55. The number of nitriles is 1. The van der Waals surface area contributed by atoms with Crippen molar-refractivity contribution in [3.8, 4) is 28.9 Å². The SMILES string of the molecule is COc1ccccc1-c1nc(C2CC(C)(C)OC(C)(C)C2)cn1-c1cc(F)c(C#N)cc1F. The van der Waals surface area contributed by atoms with Crippen LogP contribution < -0.4 is 4.74 Å². The van der Waals surface area contributed by atoms with E-state index in [4.69, 9.17) is 19.7 Å². The summed E-state index contributed by atoms with van der Waals surface area (Å²) in [5.74, 6) is -0.431. The highest BCUT2D eigenvalue weighted by Crippen LogP contribution is 2.44. The lowest BCUT2D eigenvalue weighted by Gasteiger charge is -2.45. The molecule has 2 heterocycles. The fourth-order valence-corrected chi connectivity index (χ4v) is 4.90. The van der Waals surface area contributed by atoms with Gasteiger partial charge in [0.15, 0.2) is 0 Å². The van der Waals surface area contributed by atoms with Gasteiger partial charge in [-0.25, -0.2) is 13.8 Å². The maximum Gasteiger partial charge on any atom is 0.148 e. The number of benzene rings is 2. The minimum atomic E-state index is -0.788. The molecule has 0 unspecified atom stereocenters. The van der Waals surface area contributed by atoms with E-state index >= 15 is 4.39 Å². The van der Waals surface area contributed by atoms with Crippen LogP contribution in [0.4, 0.5) is 8.78 Å². The van der Waals surface area contributed by atoms with Crippen LogP contribution in [-0.2, 0) is 4.74 Å². The number of para-hydroxylation sites is 1. The van der Waals surface area contributed by atoms with E-state index in [0.29, 0.717) is 17.1 Å². The molecule has 0 atom stereocenters. The molecule has 1 aliphatic heterocycles. The molecule has 3 aromatic rings. The van der Waals surface area contributed by atoms with E-state index in [1.54, 1.807) is 30.0 Å². The molecular weight excluding hydrogens is 424 g/mol. The van der Waals surface area contributed by atoms with Gasteiger partial charge in [0, 0.05) is 18.2 Å². The number of halogens is 2. The smallest absolute Gasteiger partial charge is 0.148 e. The van der Waals surface area contributed by atoms with Crippen molar-refractivity contribution >= 4 is 0 Å². The first-order chi connectivity index (χ1) is 15.5. The topological polar surface area (TPSA) is 60.1 Å². The van der Waals surface area contributed by atoms with E-state index in [-0.39, 0.29) is 28.4 Å². The Labute approximate surface area is 192 Å². The molecule has 1 aromatic heterocycles. The molecule has 1 saturated heterocycles. The van der Waals surface area contributed by atoms with Gasteiger partial charge >= 0.3 is 0 Å². The zero-order valence-electron chi connectivity index (χ0n) is 19.4. The van der Waals surface area contributed by atoms with Crippen molar-refractivity contribution in [2.45, 2.75) is 57.7 Å². The lowest BCUT2D eigenvalue weighted by atomic mass is 9.79. The Morgan fingerprint density at radius 1 is 1.09 bits per heavy atom. The molecule has 172 valence electrons. The standard InChI is InChI=1S/C26H27F2N3O2/c1-25(2)12-17(13-26(3,4)33-25)21-15-31(22-11-19(27)16(14-29)10-20(22)28)24(30-21)18-8-6-7-9-23(18)32-5/h6-11,15,17H,12-13H2,1-5H3. The Kier molecular flexibility index (Phi) is 5.75. The van der Waals surface area contributed by atoms with E-state index in [9.17, 15) is 4.39 Å². The molecule has 0 saturated carbocycles. The Balaban J connectivity index is 1.92. The van der Waals surface area contributed by atoms with Crippen LogP contribution in [0.15, 0.2) is 42.6 Å². The third-order valence-corrected chi connectivity index (χ3v) is 5.94. The molecule has 33 heavy (non-hydrogen) atoms. The summed E-state index contributed by atoms with van der Waals surface area (Å²) in [6.45, 7) is 8.20. The second-order valence-corrected chi connectivity index (χ2v) is 9.68. The minimum Gasteiger partial charge on any atom is -0.496 e. The zero-order valence-corrected chi connectivity index (χ0v) is 19.4. The number of ether oxygens (including phenoxy) is 2. The number of rotatable bonds is 4. The van der Waals surface area contributed by atoms with Gasteiger partial charge < -0.3 is 9.47 Å². The third kappa shape index (κ3) is 4.49. The fraction of sp³-hybridized carbons (Fsp3) is 0.385. The third-order valence-electron chi connectivity index (χ3n) is 5.94. The molecule has 1 aliphatic rings. The molecule has 5 nitrogen and oxygen atoms in total. The van der Waals surface area contributed by atoms with Gasteiger partial charge in [-0.15, -0.1) is 0 Å². The number of hydrogen-bond acceptors (Lipinski definition) is 4. The molecule has 0 N–H and O–H groups in total. The first-order valence-corrected chi connectivity index (χ1v) is 10.9. The van der Waals surface area contributed by atoms with Crippen molar-refractivity contribution in [3.63, 3.8) is 0 Å². The van der Waals surface area contributed by atoms with Gasteiger partial charge in [0.2, 0.25) is 0 Å². The predicted octanol–water partition coefficient (Wildman–Crippen LogP) is 6.15. The van der Waals surface area contributed by atoms with Gasteiger partial charge in [0.25, 0.3) is 0 Å². The van der Waals surface area contributed by atoms with Crippen molar-refractivity contribution in [2.75, 3.05) is 7.11 Å². The normalized spacial score (nSPS) is 17.5. The van der Waals surface area contributed by atoms with Crippen molar-refractivity contribution in [1.29, 1.82) is 5.26 Å². The summed E-state index contributed by atoms with van der Waals surface area (Å²) >= 11 is 0. The van der Waals surface area contributed by atoms with Crippen LogP contribution >= 0.6 is 0 Å².